The van der Waals surface area contributed by atoms with Crippen molar-refractivity contribution in [2.24, 2.45) is 11.7 Å². The molecule has 5 heteroatoms. The fourth-order valence-corrected chi connectivity index (χ4v) is 2.70. The summed E-state index contributed by atoms with van der Waals surface area (Å²) in [5, 5.41) is 9.18. The van der Waals surface area contributed by atoms with E-state index in [0.29, 0.717) is 10.9 Å². The maximum absolute atomic E-state index is 9.18. The largest absolute Gasteiger partial charge is 0.396 e. The summed E-state index contributed by atoms with van der Waals surface area (Å²) in [4.78, 5) is 2.65. The van der Waals surface area contributed by atoms with Crippen molar-refractivity contribution in [1.29, 1.82) is 0 Å². The summed E-state index contributed by atoms with van der Waals surface area (Å²) in [6.45, 7) is 2.05. The Kier molecular flexibility index (Phi) is 4.01. The number of thiocarbonyl (C=S) groups is 1. The molecule has 92 valence electrons. The van der Waals surface area contributed by atoms with Gasteiger partial charge in [-0.3, -0.25) is 0 Å². The lowest BCUT2D eigenvalue weighted by atomic mass is 10.1. The van der Waals surface area contributed by atoms with Gasteiger partial charge in [-0.1, -0.05) is 28.1 Å². The Morgan fingerprint density at radius 2 is 2.35 bits per heavy atom. The maximum Gasteiger partial charge on any atom is 0.106 e. The molecule has 3 N–H and O–H groups in total. The van der Waals surface area contributed by atoms with Gasteiger partial charge in [-0.05, 0) is 24.6 Å². The molecule has 1 atom stereocenters. The van der Waals surface area contributed by atoms with Crippen LogP contribution < -0.4 is 10.6 Å². The molecule has 1 aromatic carbocycles. The molecule has 0 aliphatic carbocycles. The predicted molar refractivity (Wildman–Crippen MR) is 77.4 cm³/mol. The highest BCUT2D eigenvalue weighted by Gasteiger charge is 2.24. The fourth-order valence-electron chi connectivity index (χ4n) is 2.18. The Morgan fingerprint density at radius 1 is 1.59 bits per heavy atom. The molecule has 0 saturated carbocycles. The third kappa shape index (κ3) is 2.78. The Balaban J connectivity index is 2.31. The molecule has 1 fully saturated rings. The summed E-state index contributed by atoms with van der Waals surface area (Å²) in [6, 6.07) is 5.92. The van der Waals surface area contributed by atoms with E-state index in [0.717, 1.165) is 35.2 Å². The van der Waals surface area contributed by atoms with Gasteiger partial charge in [0, 0.05) is 41.3 Å². The smallest absolute Gasteiger partial charge is 0.106 e. The van der Waals surface area contributed by atoms with Crippen LogP contribution in [-0.4, -0.2) is 29.8 Å². The topological polar surface area (TPSA) is 49.5 Å². The van der Waals surface area contributed by atoms with Gasteiger partial charge in [0.25, 0.3) is 0 Å². The molecule has 0 aromatic heterocycles. The third-order valence-corrected chi connectivity index (χ3v) is 3.82. The van der Waals surface area contributed by atoms with E-state index in [1.165, 1.54) is 0 Å². The van der Waals surface area contributed by atoms with Crippen molar-refractivity contribution in [2.75, 3.05) is 24.6 Å². The lowest BCUT2D eigenvalue weighted by Gasteiger charge is -2.22. The van der Waals surface area contributed by atoms with Crippen molar-refractivity contribution >= 4 is 38.8 Å². The Morgan fingerprint density at radius 3 is 2.94 bits per heavy atom. The molecular formula is C12H15BrN2OS. The third-order valence-electron chi connectivity index (χ3n) is 3.11. The predicted octanol–water partition coefficient (Wildman–Crippen LogP) is 1.90. The van der Waals surface area contributed by atoms with Gasteiger partial charge in [0.2, 0.25) is 0 Å². The quantitative estimate of drug-likeness (QED) is 0.837. The average Bonchev–Trinajstić information content (AvgIpc) is 2.76. The van der Waals surface area contributed by atoms with Gasteiger partial charge in [-0.2, -0.15) is 0 Å². The van der Waals surface area contributed by atoms with Crippen molar-refractivity contribution in [3.05, 3.63) is 28.2 Å². The number of nitrogens with two attached hydrogens (primary N) is 1. The number of anilines is 1. The summed E-state index contributed by atoms with van der Waals surface area (Å²) in [6.07, 6.45) is 1.01. The van der Waals surface area contributed by atoms with Crippen LogP contribution in [0, 0.1) is 5.92 Å². The number of benzene rings is 1. The molecule has 1 aromatic rings. The standard InChI is InChI=1S/C12H15BrN2OS/c13-9-1-2-10(12(14)17)11(5-9)15-4-3-8(6-15)7-16/h1-2,5,8,16H,3-4,6-7H2,(H2,14,17). The van der Waals surface area contributed by atoms with Crippen LogP contribution in [0.25, 0.3) is 0 Å². The molecule has 1 heterocycles. The Hall–Kier alpha value is -0.650. The first kappa shape index (κ1) is 12.8. The minimum Gasteiger partial charge on any atom is -0.396 e. The van der Waals surface area contributed by atoms with Crippen molar-refractivity contribution in [2.45, 2.75) is 6.42 Å². The first-order valence-corrected chi connectivity index (χ1v) is 6.77. The molecule has 1 saturated heterocycles. The average molecular weight is 315 g/mol. The van der Waals surface area contributed by atoms with Crippen LogP contribution in [-0.2, 0) is 0 Å². The van der Waals surface area contributed by atoms with E-state index in [1.54, 1.807) is 0 Å². The van der Waals surface area contributed by atoms with E-state index in [2.05, 4.69) is 20.8 Å². The van der Waals surface area contributed by atoms with Crippen LogP contribution in [0.15, 0.2) is 22.7 Å². The molecule has 2 rings (SSSR count). The van der Waals surface area contributed by atoms with E-state index in [1.807, 2.05) is 18.2 Å². The van der Waals surface area contributed by atoms with Crippen LogP contribution in [0.1, 0.15) is 12.0 Å². The lowest BCUT2D eigenvalue weighted by molar-refractivity contribution is 0.238. The lowest BCUT2D eigenvalue weighted by Crippen LogP contribution is -2.24. The number of nitrogens with zero attached hydrogens (tertiary/aromatic N) is 1. The SMILES string of the molecule is NC(=S)c1ccc(Br)cc1N1CCC(CO)C1. The van der Waals surface area contributed by atoms with Crippen LogP contribution in [0.3, 0.4) is 0 Å². The van der Waals surface area contributed by atoms with E-state index in [-0.39, 0.29) is 6.61 Å². The maximum atomic E-state index is 9.18. The molecular weight excluding hydrogens is 300 g/mol. The second-order valence-electron chi connectivity index (χ2n) is 4.31. The summed E-state index contributed by atoms with van der Waals surface area (Å²) in [5.74, 6) is 0.355. The number of hydrogen-bond acceptors (Lipinski definition) is 3. The zero-order chi connectivity index (χ0) is 12.4. The van der Waals surface area contributed by atoms with Gasteiger partial charge >= 0.3 is 0 Å². The normalized spacial score (nSPS) is 19.6. The summed E-state index contributed by atoms with van der Waals surface area (Å²) in [7, 11) is 0. The molecule has 0 bridgehead atoms. The first-order chi connectivity index (χ1) is 8.11. The zero-order valence-electron chi connectivity index (χ0n) is 9.40. The minimum atomic E-state index is 0.243. The Labute approximate surface area is 115 Å². The number of rotatable bonds is 3. The Bertz CT molecular complexity index is 439. The van der Waals surface area contributed by atoms with E-state index >= 15 is 0 Å². The van der Waals surface area contributed by atoms with Crippen molar-refractivity contribution < 1.29 is 5.11 Å². The number of aliphatic hydroxyl groups is 1. The van der Waals surface area contributed by atoms with E-state index in [9.17, 15) is 5.11 Å². The number of halogens is 1. The summed E-state index contributed by atoms with van der Waals surface area (Å²) >= 11 is 8.54. The molecule has 0 radical (unpaired) electrons. The molecule has 0 amide bonds. The van der Waals surface area contributed by atoms with Crippen LogP contribution in [0.4, 0.5) is 5.69 Å². The highest BCUT2D eigenvalue weighted by Crippen LogP contribution is 2.29. The second kappa shape index (κ2) is 5.33. The molecule has 1 unspecified atom stereocenters. The first-order valence-electron chi connectivity index (χ1n) is 5.57. The van der Waals surface area contributed by atoms with Gasteiger partial charge in [0.05, 0.1) is 0 Å². The van der Waals surface area contributed by atoms with Crippen molar-refractivity contribution in [1.82, 2.24) is 0 Å². The van der Waals surface area contributed by atoms with Crippen molar-refractivity contribution in [3.63, 3.8) is 0 Å². The van der Waals surface area contributed by atoms with Gasteiger partial charge in [-0.25, -0.2) is 0 Å². The van der Waals surface area contributed by atoms with Crippen LogP contribution >= 0.6 is 28.1 Å². The molecule has 17 heavy (non-hydrogen) atoms. The monoisotopic (exact) mass is 314 g/mol. The highest BCUT2D eigenvalue weighted by atomic mass is 79.9. The molecule has 1 aliphatic rings. The fraction of sp³-hybridized carbons (Fsp3) is 0.417. The van der Waals surface area contributed by atoms with Gasteiger partial charge in [0.1, 0.15) is 4.99 Å². The van der Waals surface area contributed by atoms with Gasteiger partial charge in [0.15, 0.2) is 0 Å². The van der Waals surface area contributed by atoms with E-state index < -0.39 is 0 Å². The van der Waals surface area contributed by atoms with Crippen molar-refractivity contribution in [3.8, 4) is 0 Å². The van der Waals surface area contributed by atoms with Crippen LogP contribution in [0.2, 0.25) is 0 Å². The molecule has 3 nitrogen and oxygen atoms in total. The summed E-state index contributed by atoms with van der Waals surface area (Å²) in [5.41, 5.74) is 7.70. The molecule has 1 aliphatic heterocycles. The minimum absolute atomic E-state index is 0.243. The molecule has 0 spiro atoms. The number of aliphatic hydroxyl groups excluding tert-OH is 1. The summed E-state index contributed by atoms with van der Waals surface area (Å²) < 4.78 is 1.01. The zero-order valence-corrected chi connectivity index (χ0v) is 11.8. The van der Waals surface area contributed by atoms with Crippen LogP contribution in [0.5, 0.6) is 0 Å². The second-order valence-corrected chi connectivity index (χ2v) is 5.66. The van der Waals surface area contributed by atoms with Gasteiger partial charge < -0.3 is 15.7 Å². The number of hydrogen-bond donors (Lipinski definition) is 2. The van der Waals surface area contributed by atoms with E-state index in [4.69, 9.17) is 18.0 Å². The highest BCUT2D eigenvalue weighted by molar-refractivity contribution is 9.10. The van der Waals surface area contributed by atoms with Gasteiger partial charge in [-0.15, -0.1) is 0 Å².